The molecule has 22 heavy (non-hydrogen) atoms. The summed E-state index contributed by atoms with van der Waals surface area (Å²) in [7, 11) is 3.34. The van der Waals surface area contributed by atoms with Crippen LogP contribution in [-0.4, -0.2) is 62.7 Å². The van der Waals surface area contributed by atoms with E-state index in [2.05, 4.69) is 15.4 Å². The van der Waals surface area contributed by atoms with Crippen molar-refractivity contribution in [1.29, 1.82) is 0 Å². The van der Waals surface area contributed by atoms with Gasteiger partial charge in [0, 0.05) is 12.6 Å². The summed E-state index contributed by atoms with van der Waals surface area (Å²) in [6.07, 6.45) is -2.66. The molecule has 2 N–H and O–H groups in total. The second-order valence-corrected chi connectivity index (χ2v) is 5.22. The molecule has 6 nitrogen and oxygen atoms in total. The Morgan fingerprint density at radius 2 is 1.91 bits per heavy atom. The van der Waals surface area contributed by atoms with Gasteiger partial charge >= 0.3 is 12.1 Å². The highest BCUT2D eigenvalue weighted by Crippen LogP contribution is 2.18. The predicted molar refractivity (Wildman–Crippen MR) is 72.8 cm³/mol. The smallest absolute Gasteiger partial charge is 0.414 e. The van der Waals surface area contributed by atoms with Gasteiger partial charge in [-0.25, -0.2) is 4.79 Å². The van der Waals surface area contributed by atoms with Crippen molar-refractivity contribution < 1.29 is 27.5 Å². The monoisotopic (exact) mass is 323 g/mol. The third-order valence-electron chi connectivity index (χ3n) is 2.97. The first kappa shape index (κ1) is 18.4. The Kier molecular flexibility index (Phi) is 6.82. The number of nitrogens with zero attached hydrogens (tertiary/aromatic N) is 1. The van der Waals surface area contributed by atoms with Crippen LogP contribution >= 0.6 is 0 Å². The highest BCUT2D eigenvalue weighted by molar-refractivity contribution is 5.94. The van der Waals surface area contributed by atoms with Crippen LogP contribution in [0.4, 0.5) is 13.2 Å². The van der Waals surface area contributed by atoms with Crippen molar-refractivity contribution >= 4 is 11.9 Å². The number of hydrogen-bond donors (Lipinski definition) is 2. The van der Waals surface area contributed by atoms with Crippen molar-refractivity contribution in [3.8, 4) is 0 Å². The molecular weight excluding hydrogens is 303 g/mol. The van der Waals surface area contributed by atoms with Gasteiger partial charge in [0.15, 0.2) is 5.76 Å². The third-order valence-corrected chi connectivity index (χ3v) is 2.97. The van der Waals surface area contributed by atoms with E-state index in [0.717, 1.165) is 6.08 Å². The normalized spacial score (nSPS) is 17.5. The number of carbonyl (C=O) groups is 2. The quantitative estimate of drug-likeness (QED) is 0.436. The summed E-state index contributed by atoms with van der Waals surface area (Å²) in [5, 5.41) is 5.69. The molecular formula is C13H20F3N3O3. The molecule has 0 atom stereocenters. The highest BCUT2D eigenvalue weighted by atomic mass is 19.4. The van der Waals surface area contributed by atoms with E-state index < -0.39 is 23.8 Å². The van der Waals surface area contributed by atoms with Crippen molar-refractivity contribution in [3.05, 3.63) is 11.8 Å². The van der Waals surface area contributed by atoms with Crippen LogP contribution in [0, 0.1) is 0 Å². The van der Waals surface area contributed by atoms with Crippen LogP contribution in [0.2, 0.25) is 0 Å². The van der Waals surface area contributed by atoms with Crippen LogP contribution in [0.1, 0.15) is 12.8 Å². The molecule has 1 fully saturated rings. The Bertz CT molecular complexity index is 430. The molecule has 1 saturated heterocycles. The molecule has 0 unspecified atom stereocenters. The van der Waals surface area contributed by atoms with E-state index in [1.54, 1.807) is 19.0 Å². The van der Waals surface area contributed by atoms with Crippen LogP contribution < -0.4 is 10.6 Å². The molecule has 9 heteroatoms. The van der Waals surface area contributed by atoms with Crippen molar-refractivity contribution in [2.75, 3.05) is 33.7 Å². The van der Waals surface area contributed by atoms with Gasteiger partial charge in [-0.1, -0.05) is 0 Å². The van der Waals surface area contributed by atoms with Crippen molar-refractivity contribution in [2.45, 2.75) is 25.1 Å². The topological polar surface area (TPSA) is 70.7 Å². The highest BCUT2D eigenvalue weighted by Gasteiger charge is 2.42. The molecule has 0 aromatic carbocycles. The summed E-state index contributed by atoms with van der Waals surface area (Å²) in [6, 6.07) is -0.152. The number of ether oxygens (including phenoxy) is 1. The molecule has 1 amide bonds. The molecule has 0 bridgehead atoms. The fraction of sp³-hybridized carbons (Fsp3) is 0.692. The van der Waals surface area contributed by atoms with E-state index in [-0.39, 0.29) is 12.6 Å². The average molecular weight is 323 g/mol. The summed E-state index contributed by atoms with van der Waals surface area (Å²) < 4.78 is 41.0. The lowest BCUT2D eigenvalue weighted by molar-refractivity contribution is -0.195. The van der Waals surface area contributed by atoms with E-state index >= 15 is 0 Å². The molecule has 1 heterocycles. The number of amides is 1. The first-order chi connectivity index (χ1) is 10.2. The molecule has 0 radical (unpaired) electrons. The fourth-order valence-electron chi connectivity index (χ4n) is 1.83. The van der Waals surface area contributed by atoms with Crippen molar-refractivity contribution in [2.24, 2.45) is 0 Å². The summed E-state index contributed by atoms with van der Waals surface area (Å²) >= 11 is 0. The van der Waals surface area contributed by atoms with E-state index in [9.17, 15) is 22.8 Å². The standard InChI is InChI=1S/C13H20F3N3O3/c1-19(2)8-5-10(22-12(21)13(14,15)16)11(20)18-9-3-6-17-7-4-9/h5,9,17H,3-4,6-8H2,1-2H3,(H,18,20)/b10-5+. The minimum Gasteiger partial charge on any atom is -0.414 e. The number of carbonyl (C=O) groups excluding carboxylic acids is 2. The number of nitrogens with one attached hydrogen (secondary N) is 2. The van der Waals surface area contributed by atoms with Crippen LogP contribution in [0.25, 0.3) is 0 Å². The summed E-state index contributed by atoms with van der Waals surface area (Å²) in [5.41, 5.74) is 0. The van der Waals surface area contributed by atoms with Crippen LogP contribution in [0.5, 0.6) is 0 Å². The largest absolute Gasteiger partial charge is 0.491 e. The molecule has 1 aliphatic rings. The van der Waals surface area contributed by atoms with Crippen LogP contribution in [0.3, 0.4) is 0 Å². The van der Waals surface area contributed by atoms with Gasteiger partial charge in [0.25, 0.3) is 5.91 Å². The second kappa shape index (κ2) is 8.14. The average Bonchev–Trinajstić information content (AvgIpc) is 2.42. The van der Waals surface area contributed by atoms with Crippen molar-refractivity contribution in [3.63, 3.8) is 0 Å². The van der Waals surface area contributed by atoms with Gasteiger partial charge in [-0.3, -0.25) is 4.79 Å². The van der Waals surface area contributed by atoms with E-state index in [1.807, 2.05) is 0 Å². The maximum absolute atomic E-state index is 12.3. The van der Waals surface area contributed by atoms with Gasteiger partial charge in [-0.2, -0.15) is 13.2 Å². The number of hydrogen-bond acceptors (Lipinski definition) is 5. The van der Waals surface area contributed by atoms with Crippen molar-refractivity contribution in [1.82, 2.24) is 15.5 Å². The van der Waals surface area contributed by atoms with Gasteiger partial charge in [0.2, 0.25) is 0 Å². The lowest BCUT2D eigenvalue weighted by Gasteiger charge is -2.24. The zero-order chi connectivity index (χ0) is 16.8. The lowest BCUT2D eigenvalue weighted by atomic mass is 10.1. The Labute approximate surface area is 126 Å². The molecule has 126 valence electrons. The van der Waals surface area contributed by atoms with Crippen LogP contribution in [0.15, 0.2) is 11.8 Å². The number of halogens is 3. The predicted octanol–water partition coefficient (Wildman–Crippen LogP) is 0.406. The summed E-state index contributed by atoms with van der Waals surface area (Å²) in [4.78, 5) is 24.6. The molecule has 0 spiro atoms. The lowest BCUT2D eigenvalue weighted by Crippen LogP contribution is -2.44. The minimum absolute atomic E-state index is 0.152. The second-order valence-electron chi connectivity index (χ2n) is 5.22. The fourth-order valence-corrected chi connectivity index (χ4v) is 1.83. The Hall–Kier alpha value is -1.61. The number of rotatable bonds is 5. The summed E-state index contributed by atoms with van der Waals surface area (Å²) in [6.45, 7) is 1.59. The zero-order valence-electron chi connectivity index (χ0n) is 12.5. The maximum atomic E-state index is 12.3. The summed E-state index contributed by atoms with van der Waals surface area (Å²) in [5.74, 6) is -3.85. The van der Waals surface area contributed by atoms with Gasteiger partial charge in [0.05, 0.1) is 0 Å². The van der Waals surface area contributed by atoms with Gasteiger partial charge in [-0.05, 0) is 46.1 Å². The molecule has 0 aromatic heterocycles. The first-order valence-electron chi connectivity index (χ1n) is 6.85. The number of piperidine rings is 1. The van der Waals surface area contributed by atoms with E-state index in [1.165, 1.54) is 0 Å². The zero-order valence-corrected chi connectivity index (χ0v) is 12.5. The van der Waals surface area contributed by atoms with Gasteiger partial charge < -0.3 is 20.3 Å². The SMILES string of the molecule is CN(C)C/C=C(/OC(=O)C(F)(F)F)C(=O)NC1CCNCC1. The Morgan fingerprint density at radius 1 is 1.32 bits per heavy atom. The van der Waals surface area contributed by atoms with E-state index in [4.69, 9.17) is 0 Å². The van der Waals surface area contributed by atoms with Crippen LogP contribution in [-0.2, 0) is 14.3 Å². The Balaban J connectivity index is 2.73. The molecule has 0 aromatic rings. The Morgan fingerprint density at radius 3 is 2.41 bits per heavy atom. The first-order valence-corrected chi connectivity index (χ1v) is 6.85. The number of likely N-dealkylation sites (N-methyl/N-ethyl adjacent to an activating group) is 1. The third kappa shape index (κ3) is 6.44. The van der Waals surface area contributed by atoms with E-state index in [0.29, 0.717) is 25.9 Å². The molecule has 0 saturated carbocycles. The maximum Gasteiger partial charge on any atom is 0.491 e. The molecule has 0 aliphatic carbocycles. The molecule has 1 rings (SSSR count). The van der Waals surface area contributed by atoms with Gasteiger partial charge in [0.1, 0.15) is 0 Å². The molecule has 1 aliphatic heterocycles. The van der Waals surface area contributed by atoms with Gasteiger partial charge in [-0.15, -0.1) is 0 Å². The minimum atomic E-state index is -5.15. The number of alkyl halides is 3. The number of esters is 1.